The van der Waals surface area contributed by atoms with E-state index in [1.54, 1.807) is 0 Å². The zero-order valence-electron chi connectivity index (χ0n) is 16.3. The maximum atomic E-state index is 13.3. The zero-order chi connectivity index (χ0) is 18.9. The first kappa shape index (κ1) is 17.9. The lowest BCUT2D eigenvalue weighted by Gasteiger charge is -2.35. The van der Waals surface area contributed by atoms with Gasteiger partial charge >= 0.3 is 0 Å². The van der Waals surface area contributed by atoms with Gasteiger partial charge in [0.2, 0.25) is 0 Å². The highest BCUT2D eigenvalue weighted by Gasteiger charge is 2.31. The van der Waals surface area contributed by atoms with Gasteiger partial charge in [-0.1, -0.05) is 18.2 Å². The van der Waals surface area contributed by atoms with Gasteiger partial charge in [0.25, 0.3) is 5.91 Å². The summed E-state index contributed by atoms with van der Waals surface area (Å²) in [5.41, 5.74) is 2.71. The van der Waals surface area contributed by atoms with Crippen LogP contribution in [0.1, 0.15) is 47.8 Å². The van der Waals surface area contributed by atoms with E-state index in [-0.39, 0.29) is 5.91 Å². The molecule has 5 rings (SSSR count). The number of aromatic nitrogens is 2. The molecule has 1 aromatic heterocycles. The minimum atomic E-state index is 0.0972. The van der Waals surface area contributed by atoms with Crippen molar-refractivity contribution in [2.75, 3.05) is 39.3 Å². The SMILES string of the molecule is O=C(c1cc(C2CC2)nn1-c1ccccc1)N1CCN(C[C@H]2CCCO2)CC1. The quantitative estimate of drug-likeness (QED) is 0.800. The van der Waals surface area contributed by atoms with E-state index >= 15 is 0 Å². The van der Waals surface area contributed by atoms with Crippen LogP contribution in [0.25, 0.3) is 5.69 Å². The summed E-state index contributed by atoms with van der Waals surface area (Å²) in [7, 11) is 0. The van der Waals surface area contributed by atoms with E-state index in [9.17, 15) is 4.79 Å². The number of ether oxygens (including phenoxy) is 1. The second kappa shape index (κ2) is 7.68. The lowest BCUT2D eigenvalue weighted by molar-refractivity contribution is 0.0428. The zero-order valence-corrected chi connectivity index (χ0v) is 16.3. The number of carbonyl (C=O) groups excluding carboxylic acids is 1. The summed E-state index contributed by atoms with van der Waals surface area (Å²) >= 11 is 0. The molecule has 3 fully saturated rings. The van der Waals surface area contributed by atoms with Gasteiger partial charge in [-0.2, -0.15) is 5.10 Å². The Labute approximate surface area is 166 Å². The average molecular weight is 380 g/mol. The molecule has 28 heavy (non-hydrogen) atoms. The highest BCUT2D eigenvalue weighted by Crippen LogP contribution is 2.39. The van der Waals surface area contributed by atoms with Crippen LogP contribution < -0.4 is 0 Å². The number of nitrogens with zero attached hydrogens (tertiary/aromatic N) is 4. The number of hydrogen-bond acceptors (Lipinski definition) is 4. The molecule has 6 nitrogen and oxygen atoms in total. The molecule has 148 valence electrons. The minimum Gasteiger partial charge on any atom is -0.377 e. The van der Waals surface area contributed by atoms with E-state index in [0.29, 0.717) is 17.7 Å². The molecule has 2 aliphatic heterocycles. The van der Waals surface area contributed by atoms with Crippen LogP contribution in [-0.2, 0) is 4.74 Å². The van der Waals surface area contributed by atoms with Crippen molar-refractivity contribution in [2.24, 2.45) is 0 Å². The molecule has 1 atom stereocenters. The Kier molecular flexibility index (Phi) is 4.91. The minimum absolute atomic E-state index is 0.0972. The van der Waals surface area contributed by atoms with Crippen molar-refractivity contribution >= 4 is 5.91 Å². The molecule has 2 aromatic rings. The Morgan fingerprint density at radius 3 is 2.54 bits per heavy atom. The second-order valence-corrected chi connectivity index (χ2v) is 8.20. The summed E-state index contributed by atoms with van der Waals surface area (Å²) in [6.07, 6.45) is 5.08. The topological polar surface area (TPSA) is 50.6 Å². The molecule has 0 spiro atoms. The van der Waals surface area contributed by atoms with E-state index in [0.717, 1.165) is 50.7 Å². The number of para-hydroxylation sites is 1. The Morgan fingerprint density at radius 1 is 1.07 bits per heavy atom. The first-order valence-corrected chi connectivity index (χ1v) is 10.6. The standard InChI is InChI=1S/C22H28N4O2/c27-22(25-12-10-24(11-13-25)16-19-7-4-14-28-19)21-15-20(17-8-9-17)23-26(21)18-5-2-1-3-6-18/h1-3,5-6,15,17,19H,4,7-14,16H2/t19-/m1/s1. The molecule has 3 aliphatic rings. The predicted octanol–water partition coefficient (Wildman–Crippen LogP) is 2.69. The van der Waals surface area contributed by atoms with E-state index in [1.807, 2.05) is 46.0 Å². The van der Waals surface area contributed by atoms with Gasteiger partial charge in [-0.3, -0.25) is 9.69 Å². The smallest absolute Gasteiger partial charge is 0.272 e. The van der Waals surface area contributed by atoms with Gasteiger partial charge in [-0.25, -0.2) is 4.68 Å². The number of hydrogen-bond donors (Lipinski definition) is 0. The molecule has 2 saturated heterocycles. The predicted molar refractivity (Wildman–Crippen MR) is 107 cm³/mol. The molecule has 1 aliphatic carbocycles. The summed E-state index contributed by atoms with van der Waals surface area (Å²) in [5.74, 6) is 0.625. The Morgan fingerprint density at radius 2 is 1.86 bits per heavy atom. The van der Waals surface area contributed by atoms with E-state index in [2.05, 4.69) is 4.90 Å². The molecule has 1 saturated carbocycles. The van der Waals surface area contributed by atoms with Crippen LogP contribution in [0.5, 0.6) is 0 Å². The summed E-state index contributed by atoms with van der Waals surface area (Å²) in [5, 5.41) is 4.78. The van der Waals surface area contributed by atoms with Gasteiger partial charge in [0.05, 0.1) is 17.5 Å². The number of piperazine rings is 1. The van der Waals surface area contributed by atoms with Crippen molar-refractivity contribution in [3.05, 3.63) is 47.8 Å². The maximum Gasteiger partial charge on any atom is 0.272 e. The molecule has 1 amide bonds. The Balaban J connectivity index is 1.30. The van der Waals surface area contributed by atoms with Crippen LogP contribution in [0.2, 0.25) is 0 Å². The van der Waals surface area contributed by atoms with Gasteiger partial charge < -0.3 is 9.64 Å². The van der Waals surface area contributed by atoms with Gasteiger partial charge in [0, 0.05) is 45.2 Å². The summed E-state index contributed by atoms with van der Waals surface area (Å²) < 4.78 is 7.60. The van der Waals surface area contributed by atoms with Crippen molar-refractivity contribution in [3.8, 4) is 5.69 Å². The molecule has 0 radical (unpaired) electrons. The fourth-order valence-electron chi connectivity index (χ4n) is 4.27. The van der Waals surface area contributed by atoms with E-state index < -0.39 is 0 Å². The van der Waals surface area contributed by atoms with Gasteiger partial charge in [-0.15, -0.1) is 0 Å². The normalized spacial score (nSPS) is 23.3. The van der Waals surface area contributed by atoms with Crippen molar-refractivity contribution < 1.29 is 9.53 Å². The molecular formula is C22H28N4O2. The van der Waals surface area contributed by atoms with Crippen molar-refractivity contribution in [3.63, 3.8) is 0 Å². The van der Waals surface area contributed by atoms with Crippen LogP contribution in [-0.4, -0.2) is 70.9 Å². The summed E-state index contributed by atoms with van der Waals surface area (Å²) in [6, 6.07) is 12.0. The Hall–Kier alpha value is -2.18. The third-order valence-electron chi connectivity index (χ3n) is 6.09. The highest BCUT2D eigenvalue weighted by molar-refractivity contribution is 5.93. The molecule has 6 heteroatoms. The molecule has 1 aromatic carbocycles. The number of carbonyl (C=O) groups is 1. The largest absolute Gasteiger partial charge is 0.377 e. The molecule has 0 N–H and O–H groups in total. The fraction of sp³-hybridized carbons (Fsp3) is 0.545. The summed E-state index contributed by atoms with van der Waals surface area (Å²) in [4.78, 5) is 17.7. The van der Waals surface area contributed by atoms with Crippen molar-refractivity contribution in [2.45, 2.75) is 37.7 Å². The first-order chi connectivity index (χ1) is 13.8. The van der Waals surface area contributed by atoms with Crippen LogP contribution in [0.4, 0.5) is 0 Å². The average Bonchev–Trinajstić information content (AvgIpc) is 3.28. The lowest BCUT2D eigenvalue weighted by Crippen LogP contribution is -2.50. The third kappa shape index (κ3) is 3.71. The van der Waals surface area contributed by atoms with Gasteiger partial charge in [0.15, 0.2) is 0 Å². The molecule has 0 bridgehead atoms. The second-order valence-electron chi connectivity index (χ2n) is 8.20. The van der Waals surface area contributed by atoms with Gasteiger partial charge in [-0.05, 0) is 43.9 Å². The monoisotopic (exact) mass is 380 g/mol. The number of amides is 1. The number of rotatable bonds is 5. The van der Waals surface area contributed by atoms with E-state index in [4.69, 9.17) is 9.84 Å². The highest BCUT2D eigenvalue weighted by atomic mass is 16.5. The Bertz CT molecular complexity index is 816. The van der Waals surface area contributed by atoms with Crippen molar-refractivity contribution in [1.29, 1.82) is 0 Å². The van der Waals surface area contributed by atoms with Crippen molar-refractivity contribution in [1.82, 2.24) is 19.6 Å². The van der Waals surface area contributed by atoms with Crippen LogP contribution in [0.3, 0.4) is 0 Å². The van der Waals surface area contributed by atoms with Gasteiger partial charge in [0.1, 0.15) is 5.69 Å². The van der Waals surface area contributed by atoms with E-state index in [1.165, 1.54) is 25.7 Å². The molecule has 0 unspecified atom stereocenters. The first-order valence-electron chi connectivity index (χ1n) is 10.6. The molecule has 3 heterocycles. The third-order valence-corrected chi connectivity index (χ3v) is 6.09. The van der Waals surface area contributed by atoms with Crippen LogP contribution in [0, 0.1) is 0 Å². The maximum absolute atomic E-state index is 13.3. The number of benzene rings is 1. The summed E-state index contributed by atoms with van der Waals surface area (Å²) in [6.45, 7) is 5.27. The molecular weight excluding hydrogens is 352 g/mol. The fourth-order valence-corrected chi connectivity index (χ4v) is 4.27. The van der Waals surface area contributed by atoms with Crippen LogP contribution >= 0.6 is 0 Å². The lowest BCUT2D eigenvalue weighted by atomic mass is 10.2. The van der Waals surface area contributed by atoms with Crippen LogP contribution in [0.15, 0.2) is 36.4 Å².